The third-order valence-electron chi connectivity index (χ3n) is 2.13. The Bertz CT molecular complexity index is 575. The van der Waals surface area contributed by atoms with Gasteiger partial charge in [0.15, 0.2) is 0 Å². The number of thiophene rings is 1. The highest BCUT2D eigenvalue weighted by Crippen LogP contribution is 2.34. The van der Waals surface area contributed by atoms with Gasteiger partial charge in [-0.1, -0.05) is 0 Å². The second kappa shape index (κ2) is 5.22. The maximum Gasteiger partial charge on any atom is 0.203 e. The number of ketones is 1. The first-order valence-electron chi connectivity index (χ1n) is 4.53. The van der Waals surface area contributed by atoms with Crippen LogP contribution in [0.3, 0.4) is 0 Å². The van der Waals surface area contributed by atoms with Crippen LogP contribution in [0.2, 0.25) is 0 Å². The number of hydrogen-bond donors (Lipinski definition) is 1. The summed E-state index contributed by atoms with van der Waals surface area (Å²) in [6.07, 6.45) is 0. The lowest BCUT2D eigenvalue weighted by molar-refractivity contribution is 0.104. The standard InChI is InChI=1S/C11H6Br3NOS/c12-6-2-1-5(3-8(6)15)10(16)9-4-7(13)11(14)17-9/h1-4H,15H2. The highest BCUT2D eigenvalue weighted by molar-refractivity contribution is 9.13. The largest absolute Gasteiger partial charge is 0.398 e. The molecule has 0 amide bonds. The Hall–Kier alpha value is -0.170. The van der Waals surface area contributed by atoms with Crippen LogP contribution in [-0.4, -0.2) is 5.78 Å². The molecule has 0 aliphatic heterocycles. The molecule has 2 nitrogen and oxygen atoms in total. The minimum absolute atomic E-state index is 0.0272. The second-order valence-corrected chi connectivity index (χ2v) is 7.38. The van der Waals surface area contributed by atoms with Gasteiger partial charge in [-0.15, -0.1) is 11.3 Å². The number of benzene rings is 1. The van der Waals surface area contributed by atoms with Gasteiger partial charge in [-0.2, -0.15) is 0 Å². The maximum atomic E-state index is 12.2. The van der Waals surface area contributed by atoms with Gasteiger partial charge in [-0.05, 0) is 72.1 Å². The van der Waals surface area contributed by atoms with Crippen molar-refractivity contribution in [2.45, 2.75) is 0 Å². The maximum absolute atomic E-state index is 12.2. The molecule has 1 aromatic heterocycles. The zero-order valence-corrected chi connectivity index (χ0v) is 13.9. The number of nitrogens with two attached hydrogens (primary N) is 1. The molecule has 0 aliphatic rings. The minimum atomic E-state index is -0.0272. The van der Waals surface area contributed by atoms with Gasteiger partial charge in [0.05, 0.1) is 8.66 Å². The van der Waals surface area contributed by atoms with Gasteiger partial charge in [0.25, 0.3) is 0 Å². The van der Waals surface area contributed by atoms with Crippen LogP contribution in [0.4, 0.5) is 5.69 Å². The van der Waals surface area contributed by atoms with E-state index in [2.05, 4.69) is 47.8 Å². The molecule has 2 N–H and O–H groups in total. The van der Waals surface area contributed by atoms with Crippen LogP contribution in [0, 0.1) is 0 Å². The lowest BCUT2D eigenvalue weighted by atomic mass is 10.1. The molecule has 0 aliphatic carbocycles. The van der Waals surface area contributed by atoms with Gasteiger partial charge >= 0.3 is 0 Å². The lowest BCUT2D eigenvalue weighted by Crippen LogP contribution is -2.00. The minimum Gasteiger partial charge on any atom is -0.398 e. The van der Waals surface area contributed by atoms with Gasteiger partial charge in [-0.3, -0.25) is 4.79 Å². The topological polar surface area (TPSA) is 43.1 Å². The normalized spacial score (nSPS) is 10.5. The molecule has 2 rings (SSSR count). The summed E-state index contributed by atoms with van der Waals surface area (Å²) < 4.78 is 2.59. The number of rotatable bonds is 2. The summed E-state index contributed by atoms with van der Waals surface area (Å²) in [4.78, 5) is 12.8. The van der Waals surface area contributed by atoms with Crippen molar-refractivity contribution in [3.63, 3.8) is 0 Å². The molecule has 17 heavy (non-hydrogen) atoms. The van der Waals surface area contributed by atoms with Crippen molar-refractivity contribution in [3.05, 3.63) is 47.4 Å². The van der Waals surface area contributed by atoms with Crippen molar-refractivity contribution in [2.24, 2.45) is 0 Å². The average Bonchev–Trinajstić information content (AvgIpc) is 2.62. The predicted molar refractivity (Wildman–Crippen MR) is 81.7 cm³/mol. The summed E-state index contributed by atoms with van der Waals surface area (Å²) in [5.74, 6) is -0.0272. The molecular weight excluding hydrogens is 434 g/mol. The van der Waals surface area contributed by atoms with E-state index in [4.69, 9.17) is 5.73 Å². The van der Waals surface area contributed by atoms with E-state index in [0.29, 0.717) is 16.1 Å². The molecule has 2 aromatic rings. The second-order valence-electron chi connectivity index (χ2n) is 3.30. The quantitative estimate of drug-likeness (QED) is 0.537. The van der Waals surface area contributed by atoms with Crippen LogP contribution in [-0.2, 0) is 0 Å². The molecule has 0 saturated heterocycles. The monoisotopic (exact) mass is 437 g/mol. The molecule has 1 aromatic carbocycles. The Morgan fingerprint density at radius 1 is 1.12 bits per heavy atom. The average molecular weight is 440 g/mol. The molecule has 0 spiro atoms. The first-order valence-corrected chi connectivity index (χ1v) is 7.73. The summed E-state index contributed by atoms with van der Waals surface area (Å²) in [5, 5.41) is 0. The number of halogens is 3. The summed E-state index contributed by atoms with van der Waals surface area (Å²) in [6, 6.07) is 7.01. The number of hydrogen-bond acceptors (Lipinski definition) is 3. The molecule has 0 fully saturated rings. The Morgan fingerprint density at radius 3 is 2.35 bits per heavy atom. The highest BCUT2D eigenvalue weighted by Gasteiger charge is 2.14. The van der Waals surface area contributed by atoms with Crippen LogP contribution in [0.25, 0.3) is 0 Å². The molecule has 6 heteroatoms. The summed E-state index contributed by atoms with van der Waals surface area (Å²) in [7, 11) is 0. The van der Waals surface area contributed by atoms with Crippen molar-refractivity contribution in [1.82, 2.24) is 0 Å². The first kappa shape index (κ1) is 13.3. The fraction of sp³-hybridized carbons (Fsp3) is 0. The fourth-order valence-corrected chi connectivity index (χ4v) is 3.53. The van der Waals surface area contributed by atoms with E-state index in [-0.39, 0.29) is 5.78 Å². The number of anilines is 1. The Balaban J connectivity index is 2.40. The van der Waals surface area contributed by atoms with Crippen molar-refractivity contribution in [1.29, 1.82) is 0 Å². The van der Waals surface area contributed by atoms with E-state index in [9.17, 15) is 4.79 Å². The molecule has 0 saturated carbocycles. The number of carbonyl (C=O) groups excluding carboxylic acids is 1. The molecule has 0 unspecified atom stereocenters. The van der Waals surface area contributed by atoms with Gasteiger partial charge < -0.3 is 5.73 Å². The Labute approximate surface area is 128 Å². The van der Waals surface area contributed by atoms with Crippen LogP contribution in [0.1, 0.15) is 15.2 Å². The van der Waals surface area contributed by atoms with Gasteiger partial charge in [-0.25, -0.2) is 0 Å². The Kier molecular flexibility index (Phi) is 4.07. The van der Waals surface area contributed by atoms with Crippen LogP contribution in [0.15, 0.2) is 37.0 Å². The van der Waals surface area contributed by atoms with Crippen LogP contribution >= 0.6 is 59.1 Å². The summed E-state index contributed by atoms with van der Waals surface area (Å²) in [6.45, 7) is 0. The zero-order valence-electron chi connectivity index (χ0n) is 8.34. The van der Waals surface area contributed by atoms with E-state index in [0.717, 1.165) is 12.7 Å². The van der Waals surface area contributed by atoms with E-state index in [1.165, 1.54) is 11.3 Å². The van der Waals surface area contributed by atoms with Gasteiger partial charge in [0.2, 0.25) is 5.78 Å². The van der Waals surface area contributed by atoms with Crippen molar-refractivity contribution < 1.29 is 4.79 Å². The summed E-state index contributed by atoms with van der Waals surface area (Å²) in [5.41, 5.74) is 6.91. The molecule has 88 valence electrons. The summed E-state index contributed by atoms with van der Waals surface area (Å²) >= 11 is 11.4. The Morgan fingerprint density at radius 2 is 1.82 bits per heavy atom. The SMILES string of the molecule is Nc1cc(C(=O)c2cc(Br)c(Br)s2)ccc1Br. The van der Waals surface area contributed by atoms with Crippen molar-refractivity contribution in [2.75, 3.05) is 5.73 Å². The third-order valence-corrected chi connectivity index (χ3v) is 6.10. The highest BCUT2D eigenvalue weighted by atomic mass is 79.9. The van der Waals surface area contributed by atoms with E-state index >= 15 is 0 Å². The molecule has 1 heterocycles. The molecule has 0 radical (unpaired) electrons. The fourth-order valence-electron chi connectivity index (χ4n) is 1.29. The number of nitrogen functional groups attached to an aromatic ring is 1. The van der Waals surface area contributed by atoms with Crippen molar-refractivity contribution in [3.8, 4) is 0 Å². The van der Waals surface area contributed by atoms with Crippen molar-refractivity contribution >= 4 is 70.6 Å². The zero-order chi connectivity index (χ0) is 12.6. The molecular formula is C11H6Br3NOS. The van der Waals surface area contributed by atoms with Crippen LogP contribution < -0.4 is 5.73 Å². The van der Waals surface area contributed by atoms with E-state index < -0.39 is 0 Å². The van der Waals surface area contributed by atoms with E-state index in [1.807, 2.05) is 0 Å². The van der Waals surface area contributed by atoms with Gasteiger partial charge in [0, 0.05) is 20.2 Å². The predicted octanol–water partition coefficient (Wildman–Crippen LogP) is 4.85. The smallest absolute Gasteiger partial charge is 0.203 e. The molecule has 0 bridgehead atoms. The third kappa shape index (κ3) is 2.81. The first-order chi connectivity index (χ1) is 7.99. The van der Waals surface area contributed by atoms with Crippen LogP contribution in [0.5, 0.6) is 0 Å². The van der Waals surface area contributed by atoms with Gasteiger partial charge in [0.1, 0.15) is 0 Å². The molecule has 0 atom stereocenters. The van der Waals surface area contributed by atoms with E-state index in [1.54, 1.807) is 24.3 Å². The number of carbonyl (C=O) groups is 1. The lowest BCUT2D eigenvalue weighted by Gasteiger charge is -2.01.